The Kier molecular flexibility index (Phi) is 2.78. The Balaban J connectivity index is 2.47. The summed E-state index contributed by atoms with van der Waals surface area (Å²) < 4.78 is 0. The molecule has 0 heterocycles. The summed E-state index contributed by atoms with van der Waals surface area (Å²) >= 11 is 0. The first-order valence-corrected chi connectivity index (χ1v) is 5.61. The average Bonchev–Trinajstić information content (AvgIpc) is 2.32. The maximum absolute atomic E-state index is 12.1. The number of rotatable bonds is 3. The Morgan fingerprint density at radius 1 is 1.31 bits per heavy atom. The van der Waals surface area contributed by atoms with E-state index in [1.165, 1.54) is 0 Å². The largest absolute Gasteiger partial charge is 0.294 e. The van der Waals surface area contributed by atoms with Crippen LogP contribution in [0.1, 0.15) is 30.9 Å². The molecule has 0 aliphatic heterocycles. The Morgan fingerprint density at radius 3 is 2.81 bits per heavy atom. The highest BCUT2D eigenvalue weighted by Crippen LogP contribution is 2.36. The van der Waals surface area contributed by atoms with Crippen molar-refractivity contribution in [2.24, 2.45) is 0 Å². The Labute approximate surface area is 96.5 Å². The summed E-state index contributed by atoms with van der Waals surface area (Å²) in [5, 5.41) is 0. The van der Waals surface area contributed by atoms with Crippen molar-refractivity contribution in [3.63, 3.8) is 0 Å². The zero-order chi connectivity index (χ0) is 11.6. The molecule has 1 heteroatoms. The maximum atomic E-state index is 12.1. The third-order valence-electron chi connectivity index (χ3n) is 3.36. The number of carbonyl (C=O) groups excluding carboxylic acids is 1. The highest BCUT2D eigenvalue weighted by atomic mass is 16.1. The van der Waals surface area contributed by atoms with Crippen LogP contribution in [0.5, 0.6) is 0 Å². The fraction of sp³-hybridized carbons (Fsp3) is 0.267. The first-order valence-electron chi connectivity index (χ1n) is 5.61. The van der Waals surface area contributed by atoms with Crippen LogP contribution in [0.2, 0.25) is 0 Å². The maximum Gasteiger partial charge on any atom is 0.165 e. The lowest BCUT2D eigenvalue weighted by Crippen LogP contribution is -2.33. The van der Waals surface area contributed by atoms with Gasteiger partial charge in [-0.2, -0.15) is 0 Å². The lowest BCUT2D eigenvalue weighted by molar-refractivity contribution is -0.119. The summed E-state index contributed by atoms with van der Waals surface area (Å²) in [6, 6.07) is 8.12. The van der Waals surface area contributed by atoms with Crippen molar-refractivity contribution in [3.8, 4) is 0 Å². The third-order valence-corrected chi connectivity index (χ3v) is 3.36. The van der Waals surface area contributed by atoms with E-state index in [0.29, 0.717) is 0 Å². The minimum atomic E-state index is -0.375. The molecule has 1 nitrogen and oxygen atoms in total. The first kappa shape index (κ1) is 10.9. The molecule has 1 aliphatic rings. The van der Waals surface area contributed by atoms with Crippen LogP contribution in [0.3, 0.4) is 0 Å². The second-order valence-electron chi connectivity index (χ2n) is 4.44. The number of hydrogen-bond acceptors (Lipinski definition) is 1. The van der Waals surface area contributed by atoms with E-state index in [2.05, 4.69) is 18.7 Å². The Morgan fingerprint density at radius 2 is 2.06 bits per heavy atom. The van der Waals surface area contributed by atoms with Crippen LogP contribution in [-0.4, -0.2) is 5.78 Å². The number of benzene rings is 1. The minimum Gasteiger partial charge on any atom is -0.294 e. The lowest BCUT2D eigenvalue weighted by atomic mass is 9.70. The summed E-state index contributed by atoms with van der Waals surface area (Å²) in [7, 11) is 0. The highest BCUT2D eigenvalue weighted by molar-refractivity contribution is 6.04. The number of carbonyl (C=O) groups is 1. The molecule has 16 heavy (non-hydrogen) atoms. The molecule has 1 aromatic rings. The fourth-order valence-corrected chi connectivity index (χ4v) is 2.28. The monoisotopic (exact) mass is 212 g/mol. The van der Waals surface area contributed by atoms with E-state index < -0.39 is 0 Å². The summed E-state index contributed by atoms with van der Waals surface area (Å²) in [5.41, 5.74) is 1.93. The van der Waals surface area contributed by atoms with Gasteiger partial charge in [-0.05, 0) is 37.0 Å². The molecular weight excluding hydrogens is 196 g/mol. The van der Waals surface area contributed by atoms with Gasteiger partial charge in [-0.25, -0.2) is 0 Å². The zero-order valence-corrected chi connectivity index (χ0v) is 9.57. The van der Waals surface area contributed by atoms with Gasteiger partial charge < -0.3 is 0 Å². The van der Waals surface area contributed by atoms with E-state index in [9.17, 15) is 4.79 Å². The van der Waals surface area contributed by atoms with Gasteiger partial charge in [-0.1, -0.05) is 36.4 Å². The third kappa shape index (κ3) is 1.63. The van der Waals surface area contributed by atoms with Crippen molar-refractivity contribution < 1.29 is 4.79 Å². The number of ketones is 1. The smallest absolute Gasteiger partial charge is 0.165 e. The van der Waals surface area contributed by atoms with E-state index in [0.717, 1.165) is 24.0 Å². The van der Waals surface area contributed by atoms with Crippen molar-refractivity contribution in [2.75, 3.05) is 0 Å². The van der Waals surface area contributed by atoms with E-state index in [-0.39, 0.29) is 11.2 Å². The van der Waals surface area contributed by atoms with Crippen LogP contribution in [0.25, 0.3) is 6.08 Å². The number of hydrogen-bond donors (Lipinski definition) is 0. The molecule has 0 aromatic heterocycles. The van der Waals surface area contributed by atoms with Gasteiger partial charge in [-0.3, -0.25) is 4.79 Å². The van der Waals surface area contributed by atoms with Crippen molar-refractivity contribution in [3.05, 3.63) is 54.1 Å². The standard InChI is InChI=1S/C15H16O/c1-3-4-11-15(2)13-8-6-5-7-12(13)9-10-14(15)16/h3,5-10H,1,4,11H2,2H3. The number of allylic oxidation sites excluding steroid dienone is 2. The van der Waals surface area contributed by atoms with E-state index in [1.807, 2.05) is 31.2 Å². The van der Waals surface area contributed by atoms with Crippen molar-refractivity contribution in [1.82, 2.24) is 0 Å². The van der Waals surface area contributed by atoms with E-state index >= 15 is 0 Å². The highest BCUT2D eigenvalue weighted by Gasteiger charge is 2.35. The van der Waals surface area contributed by atoms with Gasteiger partial charge in [0.1, 0.15) is 0 Å². The predicted molar refractivity (Wildman–Crippen MR) is 67.3 cm³/mol. The van der Waals surface area contributed by atoms with E-state index in [1.54, 1.807) is 6.08 Å². The first-order chi connectivity index (χ1) is 7.68. The van der Waals surface area contributed by atoms with Gasteiger partial charge in [0, 0.05) is 0 Å². The zero-order valence-electron chi connectivity index (χ0n) is 9.57. The summed E-state index contributed by atoms with van der Waals surface area (Å²) in [6.45, 7) is 5.76. The molecule has 0 N–H and O–H groups in total. The molecular formula is C15H16O. The Hall–Kier alpha value is -1.63. The molecule has 2 rings (SSSR count). The van der Waals surface area contributed by atoms with Gasteiger partial charge in [0.2, 0.25) is 0 Å². The van der Waals surface area contributed by atoms with Crippen molar-refractivity contribution in [1.29, 1.82) is 0 Å². The normalized spacial score (nSPS) is 22.9. The molecule has 1 unspecified atom stereocenters. The molecule has 0 saturated carbocycles. The van der Waals surface area contributed by atoms with Crippen LogP contribution in [-0.2, 0) is 10.2 Å². The van der Waals surface area contributed by atoms with Crippen LogP contribution in [0, 0.1) is 0 Å². The van der Waals surface area contributed by atoms with Gasteiger partial charge in [-0.15, -0.1) is 6.58 Å². The SMILES string of the molecule is C=CCCC1(C)C(=O)C=Cc2ccccc21. The van der Waals surface area contributed by atoms with Crippen molar-refractivity contribution in [2.45, 2.75) is 25.2 Å². The summed E-state index contributed by atoms with van der Waals surface area (Å²) in [4.78, 5) is 12.1. The Bertz CT molecular complexity index is 456. The second-order valence-corrected chi connectivity index (χ2v) is 4.44. The topological polar surface area (TPSA) is 17.1 Å². The average molecular weight is 212 g/mol. The molecule has 82 valence electrons. The van der Waals surface area contributed by atoms with Crippen LogP contribution >= 0.6 is 0 Å². The fourth-order valence-electron chi connectivity index (χ4n) is 2.28. The molecule has 0 radical (unpaired) electrons. The predicted octanol–water partition coefficient (Wildman–Crippen LogP) is 3.51. The molecule has 0 saturated heterocycles. The molecule has 1 atom stereocenters. The summed E-state index contributed by atoms with van der Waals surface area (Å²) in [5.74, 6) is 0.202. The van der Waals surface area contributed by atoms with Gasteiger partial charge >= 0.3 is 0 Å². The second kappa shape index (κ2) is 4.09. The summed E-state index contributed by atoms with van der Waals surface area (Å²) in [6.07, 6.45) is 7.18. The lowest BCUT2D eigenvalue weighted by Gasteiger charge is -2.31. The molecule has 1 aromatic carbocycles. The minimum absolute atomic E-state index is 0.202. The molecule has 0 amide bonds. The van der Waals surface area contributed by atoms with Crippen LogP contribution in [0.15, 0.2) is 43.0 Å². The van der Waals surface area contributed by atoms with Crippen LogP contribution in [0.4, 0.5) is 0 Å². The molecule has 1 aliphatic carbocycles. The molecule has 0 fully saturated rings. The molecule has 0 spiro atoms. The van der Waals surface area contributed by atoms with Crippen molar-refractivity contribution >= 4 is 11.9 Å². The van der Waals surface area contributed by atoms with Gasteiger partial charge in [0.05, 0.1) is 5.41 Å². The van der Waals surface area contributed by atoms with Gasteiger partial charge in [0.25, 0.3) is 0 Å². The van der Waals surface area contributed by atoms with E-state index in [4.69, 9.17) is 0 Å². The number of fused-ring (bicyclic) bond motifs is 1. The van der Waals surface area contributed by atoms with Crippen LogP contribution < -0.4 is 0 Å². The quantitative estimate of drug-likeness (QED) is 0.701. The van der Waals surface area contributed by atoms with Gasteiger partial charge in [0.15, 0.2) is 5.78 Å². The molecule has 0 bridgehead atoms.